The van der Waals surface area contributed by atoms with E-state index in [9.17, 15) is 13.2 Å². The molecule has 0 spiro atoms. The molecule has 5 nitrogen and oxygen atoms in total. The number of rotatable bonds is 5. The van der Waals surface area contributed by atoms with Crippen molar-refractivity contribution in [2.24, 2.45) is 0 Å². The number of hydrogen-bond donors (Lipinski definition) is 1. The minimum absolute atomic E-state index is 0.0129. The van der Waals surface area contributed by atoms with Gasteiger partial charge in [0.2, 0.25) is 0 Å². The lowest BCUT2D eigenvalue weighted by atomic mass is 10.1. The molecule has 2 aromatic carbocycles. The molecule has 0 saturated heterocycles. The van der Waals surface area contributed by atoms with Gasteiger partial charge in [-0.05, 0) is 42.7 Å². The molecule has 138 valence electrons. The number of benzene rings is 2. The van der Waals surface area contributed by atoms with E-state index in [1.54, 1.807) is 24.3 Å². The largest absolute Gasteiger partial charge is 0.322 e. The summed E-state index contributed by atoms with van der Waals surface area (Å²) in [5, 5.41) is 3.74. The Morgan fingerprint density at radius 2 is 1.81 bits per heavy atom. The highest BCUT2D eigenvalue weighted by atomic mass is 32.2. The highest BCUT2D eigenvalue weighted by molar-refractivity contribution is 7.89. The molecule has 1 saturated carbocycles. The molecule has 1 amide bonds. The van der Waals surface area contributed by atoms with Gasteiger partial charge in [-0.2, -0.15) is 0 Å². The van der Waals surface area contributed by atoms with E-state index in [1.807, 2.05) is 30.3 Å². The first-order valence-corrected chi connectivity index (χ1v) is 10.9. The fourth-order valence-corrected chi connectivity index (χ4v) is 3.96. The van der Waals surface area contributed by atoms with Crippen LogP contribution in [0.5, 0.6) is 0 Å². The van der Waals surface area contributed by atoms with Crippen LogP contribution >= 0.6 is 0 Å². The van der Waals surface area contributed by atoms with Crippen LogP contribution in [-0.2, 0) is 15.6 Å². The highest BCUT2D eigenvalue weighted by Crippen LogP contribution is 2.40. The molecule has 1 heterocycles. The maximum atomic E-state index is 12.9. The summed E-state index contributed by atoms with van der Waals surface area (Å²) < 4.78 is 22.8. The van der Waals surface area contributed by atoms with E-state index < -0.39 is 9.84 Å². The summed E-state index contributed by atoms with van der Waals surface area (Å²) in [5.41, 5.74) is 3.74. The second-order valence-electron chi connectivity index (χ2n) is 7.11. The molecule has 3 aromatic rings. The smallest absolute Gasteiger partial charge is 0.256 e. The number of hydrogen-bond acceptors (Lipinski definition) is 4. The third-order valence-electron chi connectivity index (χ3n) is 4.62. The molecule has 1 aliphatic rings. The van der Waals surface area contributed by atoms with Crippen LogP contribution in [0.25, 0.3) is 10.9 Å². The van der Waals surface area contributed by atoms with Crippen molar-refractivity contribution in [2.45, 2.75) is 24.5 Å². The van der Waals surface area contributed by atoms with Crippen LogP contribution in [0.3, 0.4) is 0 Å². The molecule has 0 aliphatic heterocycles. The van der Waals surface area contributed by atoms with Gasteiger partial charge in [0.15, 0.2) is 9.84 Å². The number of carbonyl (C=O) groups excluding carboxylic acids is 1. The standard InChI is InChI=1S/C21H20N2O3S/c1-27(25,26)13-14-6-10-16(11-7-14)22-21(24)18-12-20(15-8-9-15)23-19-5-3-2-4-17(18)19/h2-7,10-12,15H,8-9,13H2,1H3,(H,22,24). The summed E-state index contributed by atoms with van der Waals surface area (Å²) in [7, 11) is -3.08. The maximum Gasteiger partial charge on any atom is 0.256 e. The lowest BCUT2D eigenvalue weighted by molar-refractivity contribution is 0.102. The number of nitrogens with one attached hydrogen (secondary N) is 1. The van der Waals surface area contributed by atoms with Crippen molar-refractivity contribution in [3.8, 4) is 0 Å². The summed E-state index contributed by atoms with van der Waals surface area (Å²) in [6.07, 6.45) is 3.44. The van der Waals surface area contributed by atoms with E-state index >= 15 is 0 Å². The van der Waals surface area contributed by atoms with Gasteiger partial charge in [-0.15, -0.1) is 0 Å². The molecular weight excluding hydrogens is 360 g/mol. The van der Waals surface area contributed by atoms with Crippen LogP contribution in [0.1, 0.15) is 40.4 Å². The minimum atomic E-state index is -3.08. The summed E-state index contributed by atoms with van der Waals surface area (Å²) in [6, 6.07) is 16.4. The lowest BCUT2D eigenvalue weighted by Gasteiger charge is -2.10. The van der Waals surface area contributed by atoms with E-state index in [4.69, 9.17) is 4.98 Å². The number of pyridine rings is 1. The molecule has 0 radical (unpaired) electrons. The number of amides is 1. The van der Waals surface area contributed by atoms with Crippen molar-refractivity contribution in [1.82, 2.24) is 4.98 Å². The highest BCUT2D eigenvalue weighted by Gasteiger charge is 2.27. The van der Waals surface area contributed by atoms with Gasteiger partial charge in [-0.3, -0.25) is 9.78 Å². The average molecular weight is 380 g/mol. The van der Waals surface area contributed by atoms with Crippen LogP contribution in [-0.4, -0.2) is 25.6 Å². The summed E-state index contributed by atoms with van der Waals surface area (Å²) >= 11 is 0. The summed E-state index contributed by atoms with van der Waals surface area (Å²) in [4.78, 5) is 17.6. The number of sulfone groups is 1. The second-order valence-corrected chi connectivity index (χ2v) is 9.25. The maximum absolute atomic E-state index is 12.9. The molecule has 1 N–H and O–H groups in total. The zero-order valence-corrected chi connectivity index (χ0v) is 15.8. The SMILES string of the molecule is CS(=O)(=O)Cc1ccc(NC(=O)c2cc(C3CC3)nc3ccccc23)cc1. The zero-order chi connectivity index (χ0) is 19.0. The number of aromatic nitrogens is 1. The Morgan fingerprint density at radius 1 is 1.11 bits per heavy atom. The number of carbonyl (C=O) groups is 1. The van der Waals surface area contributed by atoms with Crippen molar-refractivity contribution in [3.63, 3.8) is 0 Å². The van der Waals surface area contributed by atoms with E-state index in [1.165, 1.54) is 6.26 Å². The van der Waals surface area contributed by atoms with Gasteiger partial charge < -0.3 is 5.32 Å². The van der Waals surface area contributed by atoms with Gasteiger partial charge in [0.1, 0.15) is 0 Å². The topological polar surface area (TPSA) is 76.1 Å². The molecule has 0 bridgehead atoms. The zero-order valence-electron chi connectivity index (χ0n) is 15.0. The predicted molar refractivity (Wildman–Crippen MR) is 107 cm³/mol. The summed E-state index contributed by atoms with van der Waals surface area (Å²) in [5.74, 6) is 0.254. The van der Waals surface area contributed by atoms with E-state index in [-0.39, 0.29) is 11.7 Å². The first-order chi connectivity index (χ1) is 12.9. The fraction of sp³-hybridized carbons (Fsp3) is 0.238. The van der Waals surface area contributed by atoms with Crippen LogP contribution in [0, 0.1) is 0 Å². The molecule has 0 unspecified atom stereocenters. The summed E-state index contributed by atoms with van der Waals surface area (Å²) in [6.45, 7) is 0. The van der Waals surface area contributed by atoms with Crippen molar-refractivity contribution in [2.75, 3.05) is 11.6 Å². The Kier molecular flexibility index (Phi) is 4.44. The second kappa shape index (κ2) is 6.78. The number of anilines is 1. The van der Waals surface area contributed by atoms with Crippen molar-refractivity contribution in [3.05, 3.63) is 71.4 Å². The van der Waals surface area contributed by atoms with Gasteiger partial charge in [-0.1, -0.05) is 30.3 Å². The molecule has 4 rings (SSSR count). The van der Waals surface area contributed by atoms with Gasteiger partial charge in [0, 0.05) is 28.9 Å². The van der Waals surface area contributed by atoms with Crippen molar-refractivity contribution in [1.29, 1.82) is 0 Å². The van der Waals surface area contributed by atoms with Gasteiger partial charge >= 0.3 is 0 Å². The molecule has 6 heteroatoms. The molecule has 1 fully saturated rings. The first kappa shape index (κ1) is 17.7. The molecule has 27 heavy (non-hydrogen) atoms. The number of para-hydroxylation sites is 1. The Balaban J connectivity index is 1.61. The number of fused-ring (bicyclic) bond motifs is 1. The van der Waals surface area contributed by atoms with Gasteiger partial charge in [0.25, 0.3) is 5.91 Å². The van der Waals surface area contributed by atoms with Crippen LogP contribution in [0.4, 0.5) is 5.69 Å². The molecule has 1 aliphatic carbocycles. The van der Waals surface area contributed by atoms with E-state index in [0.717, 1.165) is 29.4 Å². The van der Waals surface area contributed by atoms with E-state index in [0.29, 0.717) is 22.7 Å². The van der Waals surface area contributed by atoms with Crippen LogP contribution in [0.15, 0.2) is 54.6 Å². The molecule has 0 atom stereocenters. The Bertz CT molecular complexity index is 1120. The fourth-order valence-electron chi connectivity index (χ4n) is 3.16. The first-order valence-electron chi connectivity index (χ1n) is 8.87. The van der Waals surface area contributed by atoms with Crippen molar-refractivity contribution >= 4 is 32.3 Å². The monoisotopic (exact) mass is 380 g/mol. The molecule has 1 aromatic heterocycles. The normalized spacial score (nSPS) is 14.3. The van der Waals surface area contributed by atoms with Gasteiger partial charge in [0.05, 0.1) is 16.8 Å². The third-order valence-corrected chi connectivity index (χ3v) is 5.47. The Morgan fingerprint density at radius 3 is 2.48 bits per heavy atom. The molecular formula is C21H20N2O3S. The third kappa shape index (κ3) is 4.17. The average Bonchev–Trinajstić information content (AvgIpc) is 3.46. The lowest BCUT2D eigenvalue weighted by Crippen LogP contribution is -2.13. The van der Waals surface area contributed by atoms with E-state index in [2.05, 4.69) is 5.32 Å². The van der Waals surface area contributed by atoms with Crippen LogP contribution < -0.4 is 5.32 Å². The minimum Gasteiger partial charge on any atom is -0.322 e. The van der Waals surface area contributed by atoms with Gasteiger partial charge in [-0.25, -0.2) is 8.42 Å². The Hall–Kier alpha value is -2.73. The predicted octanol–water partition coefficient (Wildman–Crippen LogP) is 3.91. The van der Waals surface area contributed by atoms with Crippen molar-refractivity contribution < 1.29 is 13.2 Å². The van der Waals surface area contributed by atoms with Crippen LogP contribution in [0.2, 0.25) is 0 Å². The number of nitrogens with zero attached hydrogens (tertiary/aromatic N) is 1. The Labute approximate surface area is 158 Å². The quantitative estimate of drug-likeness (QED) is 0.728.